The molecule has 0 radical (unpaired) electrons. The van der Waals surface area contributed by atoms with Crippen LogP contribution in [0.1, 0.15) is 37.2 Å². The Morgan fingerprint density at radius 3 is 2.32 bits per heavy atom. The lowest BCUT2D eigenvalue weighted by molar-refractivity contribution is -0.127. The monoisotopic (exact) mass is 414 g/mol. The second-order valence-corrected chi connectivity index (χ2v) is 8.62. The Balaban J connectivity index is 1.81. The van der Waals surface area contributed by atoms with Gasteiger partial charge in [-0.3, -0.25) is 4.79 Å². The van der Waals surface area contributed by atoms with Gasteiger partial charge in [-0.05, 0) is 36.6 Å². The SMILES string of the molecule is Bc1ccc([C@@H]2CCCC[C@]23C(=O)N(c2cc(Cl)cc(Cl)c2)C(=O)N3C)cc1. The van der Waals surface area contributed by atoms with Crippen molar-refractivity contribution in [3.05, 3.63) is 58.1 Å². The van der Waals surface area contributed by atoms with Gasteiger partial charge in [0.05, 0.1) is 5.69 Å². The first-order valence-electron chi connectivity index (χ1n) is 9.49. The average molecular weight is 415 g/mol. The maximum absolute atomic E-state index is 13.8. The summed E-state index contributed by atoms with van der Waals surface area (Å²) in [6.07, 6.45) is 3.47. The molecule has 144 valence electrons. The molecule has 3 amide bonds. The predicted octanol–water partition coefficient (Wildman–Crippen LogP) is 3.75. The Labute approximate surface area is 175 Å². The molecule has 0 unspecified atom stereocenters. The molecule has 4 rings (SSSR count). The van der Waals surface area contributed by atoms with Crippen molar-refractivity contribution in [2.75, 3.05) is 11.9 Å². The van der Waals surface area contributed by atoms with Crippen molar-refractivity contribution in [1.82, 2.24) is 4.90 Å². The van der Waals surface area contributed by atoms with Crippen LogP contribution in [0.3, 0.4) is 0 Å². The van der Waals surface area contributed by atoms with Crippen LogP contribution in [-0.4, -0.2) is 37.3 Å². The zero-order valence-electron chi connectivity index (χ0n) is 15.9. The van der Waals surface area contributed by atoms with E-state index in [9.17, 15) is 9.59 Å². The second-order valence-electron chi connectivity index (χ2n) is 7.74. The van der Waals surface area contributed by atoms with Crippen LogP contribution in [0.15, 0.2) is 42.5 Å². The van der Waals surface area contributed by atoms with Crippen molar-refractivity contribution in [1.29, 1.82) is 0 Å². The van der Waals surface area contributed by atoms with E-state index in [0.717, 1.165) is 24.8 Å². The quantitative estimate of drug-likeness (QED) is 0.554. The van der Waals surface area contributed by atoms with E-state index in [2.05, 4.69) is 24.3 Å². The highest BCUT2D eigenvalue weighted by atomic mass is 35.5. The molecular weight excluding hydrogens is 394 g/mol. The molecule has 28 heavy (non-hydrogen) atoms. The molecule has 2 aromatic rings. The molecule has 0 bridgehead atoms. The number of nitrogens with zero attached hydrogens (tertiary/aromatic N) is 2. The predicted molar refractivity (Wildman–Crippen MR) is 116 cm³/mol. The van der Waals surface area contributed by atoms with Gasteiger partial charge in [-0.1, -0.05) is 65.8 Å². The number of amides is 3. The largest absolute Gasteiger partial charge is 0.332 e. The third-order valence-electron chi connectivity index (χ3n) is 6.11. The first-order chi connectivity index (χ1) is 13.3. The zero-order valence-corrected chi connectivity index (χ0v) is 17.4. The van der Waals surface area contributed by atoms with Crippen LogP contribution in [-0.2, 0) is 4.79 Å². The highest BCUT2D eigenvalue weighted by molar-refractivity contribution is 6.36. The van der Waals surface area contributed by atoms with E-state index in [1.807, 2.05) is 7.85 Å². The minimum Gasteiger partial charge on any atom is -0.312 e. The summed E-state index contributed by atoms with van der Waals surface area (Å²) < 4.78 is 0. The fourth-order valence-corrected chi connectivity index (χ4v) is 5.21. The van der Waals surface area contributed by atoms with E-state index in [4.69, 9.17) is 23.2 Å². The number of likely N-dealkylation sites (N-methyl/N-ethyl adjacent to an activating group) is 1. The van der Waals surface area contributed by atoms with Crippen LogP contribution >= 0.6 is 23.2 Å². The fourth-order valence-electron chi connectivity index (χ4n) is 4.70. The summed E-state index contributed by atoms with van der Waals surface area (Å²) in [7, 11) is 3.78. The highest BCUT2D eigenvalue weighted by Crippen LogP contribution is 2.49. The van der Waals surface area contributed by atoms with Gasteiger partial charge in [0.25, 0.3) is 5.91 Å². The minimum absolute atomic E-state index is 0.0389. The normalized spacial score (nSPS) is 25.0. The maximum atomic E-state index is 13.8. The van der Waals surface area contributed by atoms with Crippen molar-refractivity contribution in [3.8, 4) is 0 Å². The first-order valence-corrected chi connectivity index (χ1v) is 10.2. The van der Waals surface area contributed by atoms with Crippen molar-refractivity contribution >= 4 is 54.1 Å². The van der Waals surface area contributed by atoms with E-state index in [1.54, 1.807) is 30.1 Å². The molecule has 1 saturated carbocycles. The molecule has 2 fully saturated rings. The molecule has 7 heteroatoms. The van der Waals surface area contributed by atoms with E-state index >= 15 is 0 Å². The average Bonchev–Trinajstić information content (AvgIpc) is 2.84. The van der Waals surface area contributed by atoms with Crippen LogP contribution in [0, 0.1) is 0 Å². The molecule has 2 atom stereocenters. The third kappa shape index (κ3) is 2.92. The Hall–Kier alpha value is -1.98. The zero-order chi connectivity index (χ0) is 20.1. The summed E-state index contributed by atoms with van der Waals surface area (Å²) >= 11 is 12.3. The van der Waals surface area contributed by atoms with Gasteiger partial charge in [0.1, 0.15) is 13.4 Å². The molecule has 0 N–H and O–H groups in total. The molecule has 2 aromatic carbocycles. The van der Waals surface area contributed by atoms with Crippen molar-refractivity contribution < 1.29 is 9.59 Å². The lowest BCUT2D eigenvalue weighted by Crippen LogP contribution is -2.54. The minimum atomic E-state index is -0.876. The molecule has 1 aliphatic carbocycles. The third-order valence-corrected chi connectivity index (χ3v) is 6.55. The molecule has 4 nitrogen and oxygen atoms in total. The van der Waals surface area contributed by atoms with Crippen LogP contribution in [0.2, 0.25) is 10.0 Å². The highest BCUT2D eigenvalue weighted by Gasteiger charge is 2.60. The number of rotatable bonds is 2. The first kappa shape index (κ1) is 19.3. The Bertz CT molecular complexity index is 930. The van der Waals surface area contributed by atoms with Gasteiger partial charge in [0.2, 0.25) is 0 Å². The number of carbonyl (C=O) groups is 2. The number of anilines is 1. The molecular formula is C21H21BCl2N2O2. The van der Waals surface area contributed by atoms with Crippen LogP contribution < -0.4 is 10.4 Å². The van der Waals surface area contributed by atoms with E-state index < -0.39 is 5.54 Å². The fraction of sp³-hybridized carbons (Fsp3) is 0.333. The van der Waals surface area contributed by atoms with Gasteiger partial charge in [0.15, 0.2) is 0 Å². The Morgan fingerprint density at radius 1 is 1.04 bits per heavy atom. The van der Waals surface area contributed by atoms with Gasteiger partial charge in [-0.15, -0.1) is 0 Å². The Morgan fingerprint density at radius 2 is 1.68 bits per heavy atom. The summed E-state index contributed by atoms with van der Waals surface area (Å²) in [5, 5.41) is 0.788. The van der Waals surface area contributed by atoms with Crippen molar-refractivity contribution in [3.63, 3.8) is 0 Å². The van der Waals surface area contributed by atoms with E-state index in [0.29, 0.717) is 22.2 Å². The molecule has 2 aliphatic rings. The summed E-state index contributed by atoms with van der Waals surface area (Å²) in [6.45, 7) is 0. The summed E-state index contributed by atoms with van der Waals surface area (Å²) in [5.74, 6) is -0.230. The summed E-state index contributed by atoms with van der Waals surface area (Å²) in [4.78, 5) is 29.8. The number of urea groups is 1. The van der Waals surface area contributed by atoms with E-state index in [-0.39, 0.29) is 17.9 Å². The molecule has 0 aromatic heterocycles. The van der Waals surface area contributed by atoms with Gasteiger partial charge < -0.3 is 4.90 Å². The molecule has 1 heterocycles. The molecule has 1 spiro atoms. The van der Waals surface area contributed by atoms with Gasteiger partial charge in [-0.25, -0.2) is 9.69 Å². The van der Waals surface area contributed by atoms with Crippen LogP contribution in [0.5, 0.6) is 0 Å². The number of hydrogen-bond acceptors (Lipinski definition) is 2. The maximum Gasteiger partial charge on any atom is 0.332 e. The number of halogens is 2. The standard InChI is InChI=1S/C21H21BCl2N2O2/c1-25-20(28)26(17-11-15(23)10-16(24)12-17)19(27)21(25)9-3-2-4-18(21)13-5-7-14(22)8-6-13/h5-8,10-12,18H,2-4,9,22H2,1H3/t18-,21+/m0/s1. The van der Waals surface area contributed by atoms with E-state index in [1.165, 1.54) is 10.4 Å². The van der Waals surface area contributed by atoms with Gasteiger partial charge >= 0.3 is 6.03 Å². The lowest BCUT2D eigenvalue weighted by Gasteiger charge is -2.43. The summed E-state index contributed by atoms with van der Waals surface area (Å²) in [6, 6.07) is 12.8. The second kappa shape index (κ2) is 7.13. The lowest BCUT2D eigenvalue weighted by atomic mass is 9.68. The summed E-state index contributed by atoms with van der Waals surface area (Å²) in [5.41, 5.74) is 1.82. The molecule has 1 aliphatic heterocycles. The topological polar surface area (TPSA) is 40.6 Å². The number of hydrogen-bond donors (Lipinski definition) is 0. The van der Waals surface area contributed by atoms with Gasteiger partial charge in [0, 0.05) is 23.0 Å². The van der Waals surface area contributed by atoms with Gasteiger partial charge in [-0.2, -0.15) is 0 Å². The van der Waals surface area contributed by atoms with Crippen LogP contribution in [0.4, 0.5) is 10.5 Å². The van der Waals surface area contributed by atoms with Crippen LogP contribution in [0.25, 0.3) is 0 Å². The Kier molecular flexibility index (Phi) is 4.92. The number of imide groups is 1. The number of benzene rings is 2. The van der Waals surface area contributed by atoms with Crippen molar-refractivity contribution in [2.24, 2.45) is 0 Å². The smallest absolute Gasteiger partial charge is 0.312 e. The molecule has 1 saturated heterocycles. The van der Waals surface area contributed by atoms with Crippen molar-refractivity contribution in [2.45, 2.75) is 37.1 Å². The number of carbonyl (C=O) groups excluding carboxylic acids is 2.